The van der Waals surface area contributed by atoms with Gasteiger partial charge >= 0.3 is 11.9 Å². The number of aliphatic hydroxyl groups excluding tert-OH is 1. The highest BCUT2D eigenvalue weighted by molar-refractivity contribution is 5.89. The van der Waals surface area contributed by atoms with Crippen LogP contribution in [0.5, 0.6) is 5.75 Å². The summed E-state index contributed by atoms with van der Waals surface area (Å²) < 4.78 is 16.5. The van der Waals surface area contributed by atoms with E-state index in [0.717, 1.165) is 16.7 Å². The minimum Gasteiger partial charge on any atom is -0.489 e. The third-order valence-corrected chi connectivity index (χ3v) is 7.62. The molecule has 0 saturated carbocycles. The van der Waals surface area contributed by atoms with E-state index in [1.165, 1.54) is 0 Å². The Labute approximate surface area is 275 Å². The van der Waals surface area contributed by atoms with E-state index in [-0.39, 0.29) is 39.1 Å². The van der Waals surface area contributed by atoms with Crippen molar-refractivity contribution in [2.24, 2.45) is 5.92 Å². The first-order valence-corrected chi connectivity index (χ1v) is 15.9. The summed E-state index contributed by atoms with van der Waals surface area (Å²) in [4.78, 5) is 51.7. The van der Waals surface area contributed by atoms with E-state index in [9.17, 15) is 24.3 Å². The van der Waals surface area contributed by atoms with E-state index < -0.39 is 41.8 Å². The van der Waals surface area contributed by atoms with Crippen LogP contribution < -0.4 is 15.4 Å². The summed E-state index contributed by atoms with van der Waals surface area (Å²) in [5, 5.41) is 15.5. The maximum Gasteiger partial charge on any atom is 0.332 e. The fourth-order valence-electron chi connectivity index (χ4n) is 4.98. The topological polar surface area (TPSA) is 140 Å². The first-order chi connectivity index (χ1) is 22.9. The van der Waals surface area contributed by atoms with Gasteiger partial charge in [-0.2, -0.15) is 0 Å². The maximum atomic E-state index is 13.4. The molecule has 10 nitrogen and oxygen atoms in total. The zero-order valence-electron chi connectivity index (χ0n) is 26.3. The molecule has 1 heterocycles. The number of allylic oxidation sites excluding steroid dienone is 2. The second-order valence-corrected chi connectivity index (χ2v) is 11.4. The van der Waals surface area contributed by atoms with Crippen molar-refractivity contribution in [3.05, 3.63) is 114 Å². The minimum atomic E-state index is -1.24. The van der Waals surface area contributed by atoms with Gasteiger partial charge in [-0.05, 0) is 54.5 Å². The number of esters is 2. The lowest BCUT2D eigenvalue weighted by atomic mass is 9.98. The van der Waals surface area contributed by atoms with Gasteiger partial charge in [-0.1, -0.05) is 84.9 Å². The van der Waals surface area contributed by atoms with Crippen molar-refractivity contribution in [1.29, 1.82) is 0 Å². The second-order valence-electron chi connectivity index (χ2n) is 11.4. The molecule has 0 saturated heterocycles. The number of rotatable bonds is 12. The fourth-order valence-corrected chi connectivity index (χ4v) is 4.98. The van der Waals surface area contributed by atoms with Crippen LogP contribution in [-0.4, -0.2) is 54.2 Å². The molecule has 3 aromatic carbocycles. The second kappa shape index (κ2) is 18.9. The molecule has 1 aliphatic heterocycles. The summed E-state index contributed by atoms with van der Waals surface area (Å²) >= 11 is 0. The number of hydrogen-bond donors (Lipinski definition) is 3. The highest BCUT2D eigenvalue weighted by Crippen LogP contribution is 2.17. The van der Waals surface area contributed by atoms with Crippen molar-refractivity contribution in [2.75, 3.05) is 13.2 Å². The van der Waals surface area contributed by atoms with Crippen molar-refractivity contribution in [2.45, 2.75) is 63.8 Å². The summed E-state index contributed by atoms with van der Waals surface area (Å²) in [5.74, 6) is -2.30. The quantitative estimate of drug-likeness (QED) is 0.197. The standard InChI is InChI=1S/C37H42N2O8/c40-23-31(21-27-17-19-32(20-18-27)45-24-28-11-5-3-6-12-28)38-34(41)22-30-15-9-1-2-10-16-35(42)46-26-33(39-36(30)43)37(44)47-25-29-13-7-4-8-14-29/h1,3-9,11-14,17-20,30-31,33,40H,2,10,15-16,21-26H2,(H,38,41)(H,39,43)/t30-,31+,33-/m1/s1. The fraction of sp³-hybridized carbons (Fsp3) is 0.351. The number of hydrogen-bond acceptors (Lipinski definition) is 8. The molecule has 248 valence electrons. The van der Waals surface area contributed by atoms with Crippen LogP contribution in [0.15, 0.2) is 97.1 Å². The van der Waals surface area contributed by atoms with Gasteiger partial charge in [-0.25, -0.2) is 4.79 Å². The van der Waals surface area contributed by atoms with Crippen molar-refractivity contribution in [1.82, 2.24) is 10.6 Å². The predicted octanol–water partition coefficient (Wildman–Crippen LogP) is 4.19. The smallest absolute Gasteiger partial charge is 0.332 e. The Morgan fingerprint density at radius 1 is 0.894 bits per heavy atom. The molecule has 0 radical (unpaired) electrons. The summed E-state index contributed by atoms with van der Waals surface area (Å²) in [6.45, 7) is -0.247. The average Bonchev–Trinajstić information content (AvgIpc) is 3.11. The van der Waals surface area contributed by atoms with Crippen molar-refractivity contribution >= 4 is 23.8 Å². The van der Waals surface area contributed by atoms with Crippen molar-refractivity contribution < 1.29 is 38.5 Å². The Morgan fingerprint density at radius 3 is 2.26 bits per heavy atom. The molecule has 2 amide bonds. The Hall–Kier alpha value is -4.96. The van der Waals surface area contributed by atoms with E-state index in [4.69, 9.17) is 14.2 Å². The van der Waals surface area contributed by atoms with E-state index in [1.54, 1.807) is 18.2 Å². The molecule has 0 unspecified atom stereocenters. The molecule has 0 spiro atoms. The largest absolute Gasteiger partial charge is 0.489 e. The van der Waals surface area contributed by atoms with Crippen LogP contribution in [-0.2, 0) is 48.3 Å². The van der Waals surface area contributed by atoms with Gasteiger partial charge in [0.25, 0.3) is 0 Å². The molecule has 0 aromatic heterocycles. The molecule has 47 heavy (non-hydrogen) atoms. The van der Waals surface area contributed by atoms with Crippen molar-refractivity contribution in [3.63, 3.8) is 0 Å². The van der Waals surface area contributed by atoms with Gasteiger partial charge in [-0.3, -0.25) is 14.4 Å². The summed E-state index contributed by atoms with van der Waals surface area (Å²) in [7, 11) is 0. The van der Waals surface area contributed by atoms with Crippen LogP contribution >= 0.6 is 0 Å². The number of amides is 2. The lowest BCUT2D eigenvalue weighted by Crippen LogP contribution is -2.48. The van der Waals surface area contributed by atoms with Crippen LogP contribution in [0.25, 0.3) is 0 Å². The first-order valence-electron chi connectivity index (χ1n) is 15.9. The van der Waals surface area contributed by atoms with Gasteiger partial charge in [0.15, 0.2) is 6.04 Å². The van der Waals surface area contributed by atoms with Crippen LogP contribution in [0.2, 0.25) is 0 Å². The highest BCUT2D eigenvalue weighted by Gasteiger charge is 2.29. The monoisotopic (exact) mass is 642 g/mol. The van der Waals surface area contributed by atoms with Gasteiger partial charge in [0, 0.05) is 12.8 Å². The summed E-state index contributed by atoms with van der Waals surface area (Å²) in [6, 6.07) is 24.5. The number of benzene rings is 3. The molecule has 0 aliphatic carbocycles. The average molecular weight is 643 g/mol. The van der Waals surface area contributed by atoms with E-state index in [2.05, 4.69) is 10.6 Å². The van der Waals surface area contributed by atoms with Crippen LogP contribution in [0.3, 0.4) is 0 Å². The number of cyclic esters (lactones) is 1. The Morgan fingerprint density at radius 2 is 1.57 bits per heavy atom. The molecular formula is C37H42N2O8. The zero-order valence-corrected chi connectivity index (χ0v) is 26.3. The zero-order chi connectivity index (χ0) is 33.3. The van der Waals surface area contributed by atoms with Crippen molar-refractivity contribution in [3.8, 4) is 5.75 Å². The molecule has 3 N–H and O–H groups in total. The maximum absolute atomic E-state index is 13.4. The van der Waals surface area contributed by atoms with Gasteiger partial charge in [0.1, 0.15) is 25.6 Å². The van der Waals surface area contributed by atoms with Gasteiger partial charge in [0.05, 0.1) is 18.6 Å². The van der Waals surface area contributed by atoms with Gasteiger partial charge in [-0.15, -0.1) is 0 Å². The van der Waals surface area contributed by atoms with Crippen LogP contribution in [0, 0.1) is 5.92 Å². The Bertz CT molecular complexity index is 1460. The minimum absolute atomic E-state index is 0.0133. The SMILES string of the molecule is O=C(C[C@H]1CC=CCCCC(=O)OC[C@H](C(=O)OCc2ccccc2)NC1=O)N[C@H](CO)Cc1ccc(OCc2ccccc2)cc1. The number of carbonyl (C=O) groups is 4. The normalized spacial score (nSPS) is 17.9. The summed E-state index contributed by atoms with van der Waals surface area (Å²) in [6.07, 6.45) is 5.41. The lowest BCUT2D eigenvalue weighted by Gasteiger charge is -2.22. The number of aliphatic hydroxyl groups is 1. The predicted molar refractivity (Wildman–Crippen MR) is 175 cm³/mol. The van der Waals surface area contributed by atoms with Gasteiger partial charge in [0.2, 0.25) is 11.8 Å². The lowest BCUT2D eigenvalue weighted by molar-refractivity contribution is -0.155. The molecule has 1 aliphatic rings. The Balaban J connectivity index is 1.34. The van der Waals surface area contributed by atoms with Gasteiger partial charge < -0.3 is 30.0 Å². The Kier molecular flexibility index (Phi) is 14.0. The number of ether oxygens (including phenoxy) is 3. The molecule has 0 bridgehead atoms. The summed E-state index contributed by atoms with van der Waals surface area (Å²) in [5.41, 5.74) is 2.72. The molecule has 3 aromatic rings. The third kappa shape index (κ3) is 12.4. The molecular weight excluding hydrogens is 600 g/mol. The molecule has 4 rings (SSSR count). The van der Waals surface area contributed by atoms with Crippen LogP contribution in [0.4, 0.5) is 0 Å². The molecule has 3 atom stereocenters. The number of nitrogens with one attached hydrogen (secondary N) is 2. The van der Waals surface area contributed by atoms with E-state index in [0.29, 0.717) is 31.6 Å². The number of carbonyl (C=O) groups excluding carboxylic acids is 4. The van der Waals surface area contributed by atoms with Crippen LogP contribution in [0.1, 0.15) is 48.8 Å². The van der Waals surface area contributed by atoms with E-state index in [1.807, 2.05) is 78.9 Å². The van der Waals surface area contributed by atoms with E-state index >= 15 is 0 Å². The highest BCUT2D eigenvalue weighted by atomic mass is 16.6. The molecule has 10 heteroatoms. The first kappa shape index (κ1) is 34.9. The third-order valence-electron chi connectivity index (χ3n) is 7.62. The molecule has 0 fully saturated rings.